The van der Waals surface area contributed by atoms with Crippen molar-refractivity contribution in [2.45, 2.75) is 19.2 Å². The van der Waals surface area contributed by atoms with Crippen LogP contribution < -0.4 is 15.0 Å². The number of halogens is 3. The van der Waals surface area contributed by atoms with Gasteiger partial charge in [-0.15, -0.1) is 0 Å². The maximum atomic E-state index is 13.4. The number of fused-ring (bicyclic) bond motifs is 1. The van der Waals surface area contributed by atoms with Gasteiger partial charge in [-0.3, -0.25) is 14.9 Å². The van der Waals surface area contributed by atoms with Gasteiger partial charge in [0.05, 0.1) is 41.8 Å². The lowest BCUT2D eigenvalue weighted by atomic mass is 10.1. The van der Waals surface area contributed by atoms with E-state index in [0.29, 0.717) is 0 Å². The Morgan fingerprint density at radius 1 is 1.12 bits per heavy atom. The summed E-state index contributed by atoms with van der Waals surface area (Å²) in [5.74, 6) is -1.44. The minimum atomic E-state index is -4.65. The largest absolute Gasteiger partial charge is 0.493 e. The van der Waals surface area contributed by atoms with Crippen molar-refractivity contribution in [3.8, 4) is 22.9 Å². The third-order valence-electron chi connectivity index (χ3n) is 5.83. The van der Waals surface area contributed by atoms with Crippen LogP contribution in [0.2, 0.25) is 0 Å². The highest BCUT2D eigenvalue weighted by Crippen LogP contribution is 2.39. The minimum absolute atomic E-state index is 0.0380. The summed E-state index contributed by atoms with van der Waals surface area (Å²) in [5, 5.41) is 16.1. The molecule has 14 heteroatoms. The van der Waals surface area contributed by atoms with Gasteiger partial charge in [0, 0.05) is 17.2 Å². The van der Waals surface area contributed by atoms with Crippen LogP contribution in [0, 0.1) is 10.1 Å². The average molecular weight is 570 g/mol. The highest BCUT2D eigenvalue weighted by atomic mass is 19.4. The van der Waals surface area contributed by atoms with Crippen LogP contribution in [0.5, 0.6) is 11.5 Å². The quantitative estimate of drug-likeness (QED) is 0.127. The summed E-state index contributed by atoms with van der Waals surface area (Å²) in [6.07, 6.45) is -4.77. The summed E-state index contributed by atoms with van der Waals surface area (Å²) in [7, 11) is 2.35. The smallest absolute Gasteiger partial charge is 0.416 e. The number of rotatable bonds is 8. The molecular weight excluding hydrogens is 549 g/mol. The zero-order valence-electron chi connectivity index (χ0n) is 21.7. The summed E-state index contributed by atoms with van der Waals surface area (Å²) in [6, 6.07) is 12.8. The Morgan fingerprint density at radius 3 is 2.51 bits per heavy atom. The van der Waals surface area contributed by atoms with Crippen molar-refractivity contribution >= 4 is 28.8 Å². The molecular formula is C27H21F3N4O7. The van der Waals surface area contributed by atoms with Crippen LogP contribution in [-0.4, -0.2) is 47.1 Å². The molecule has 0 amide bonds. The highest BCUT2D eigenvalue weighted by Gasteiger charge is 2.31. The average Bonchev–Trinajstić information content (AvgIpc) is 2.95. The molecule has 4 rings (SSSR count). The number of aromatic nitrogens is 2. The molecule has 1 aromatic heterocycles. The van der Waals surface area contributed by atoms with Crippen LogP contribution in [0.4, 0.5) is 18.9 Å². The van der Waals surface area contributed by atoms with E-state index < -0.39 is 40.0 Å². The zero-order valence-corrected chi connectivity index (χ0v) is 21.7. The molecule has 0 unspecified atom stereocenters. The van der Waals surface area contributed by atoms with Gasteiger partial charge in [0.25, 0.3) is 5.56 Å². The Bertz CT molecular complexity index is 1730. The van der Waals surface area contributed by atoms with E-state index in [1.54, 1.807) is 12.1 Å². The molecule has 0 spiro atoms. The third-order valence-corrected chi connectivity index (χ3v) is 5.83. The zero-order chi connectivity index (χ0) is 29.9. The first-order chi connectivity index (χ1) is 19.4. The fraction of sp³-hybridized carbons (Fsp3) is 0.185. The molecule has 0 aliphatic heterocycles. The molecule has 0 bridgehead atoms. The molecule has 3 aromatic carbocycles. The summed E-state index contributed by atoms with van der Waals surface area (Å²) in [4.78, 5) is 40.6. The Balaban J connectivity index is 1.88. The molecule has 0 aliphatic carbocycles. The van der Waals surface area contributed by atoms with E-state index in [1.165, 1.54) is 44.4 Å². The molecule has 0 saturated carbocycles. The number of methoxy groups -OCH3 is 2. The van der Waals surface area contributed by atoms with Crippen molar-refractivity contribution in [1.29, 1.82) is 0 Å². The molecule has 0 N–H and O–H groups in total. The predicted octanol–water partition coefficient (Wildman–Crippen LogP) is 4.82. The number of ether oxygens (including phenoxy) is 3. The maximum absolute atomic E-state index is 13.4. The van der Waals surface area contributed by atoms with Gasteiger partial charge in [0.15, 0.2) is 17.7 Å². The molecule has 0 radical (unpaired) electrons. The summed E-state index contributed by atoms with van der Waals surface area (Å²) in [6.45, 7) is 1.33. The first-order valence-corrected chi connectivity index (χ1v) is 11.8. The van der Waals surface area contributed by atoms with Crippen LogP contribution in [0.25, 0.3) is 22.3 Å². The summed E-state index contributed by atoms with van der Waals surface area (Å²) in [5.41, 5.74) is -1.96. The predicted molar refractivity (Wildman–Crippen MR) is 141 cm³/mol. The number of carbonyl (C=O) groups excluding carboxylic acids is 1. The van der Waals surface area contributed by atoms with E-state index in [2.05, 4.69) is 14.8 Å². The van der Waals surface area contributed by atoms with E-state index in [4.69, 9.17) is 9.47 Å². The van der Waals surface area contributed by atoms with Gasteiger partial charge >= 0.3 is 17.8 Å². The number of carbonyl (C=O) groups is 1. The fourth-order valence-corrected chi connectivity index (χ4v) is 3.86. The number of hydrogen-bond donors (Lipinski definition) is 0. The molecule has 0 saturated heterocycles. The molecule has 41 heavy (non-hydrogen) atoms. The number of nitro groups is 1. The van der Waals surface area contributed by atoms with Crippen LogP contribution in [0.3, 0.4) is 0 Å². The second kappa shape index (κ2) is 11.5. The van der Waals surface area contributed by atoms with E-state index in [1.807, 2.05) is 0 Å². The second-order valence-corrected chi connectivity index (χ2v) is 8.50. The van der Waals surface area contributed by atoms with Crippen LogP contribution >= 0.6 is 0 Å². The lowest BCUT2D eigenvalue weighted by Crippen LogP contribution is -2.25. The first-order valence-electron chi connectivity index (χ1n) is 11.8. The van der Waals surface area contributed by atoms with Crippen molar-refractivity contribution in [2.75, 3.05) is 14.2 Å². The van der Waals surface area contributed by atoms with Gasteiger partial charge in [0.2, 0.25) is 5.75 Å². The monoisotopic (exact) mass is 570 g/mol. The topological polar surface area (TPSA) is 135 Å². The Kier molecular flexibility index (Phi) is 8.03. The fourth-order valence-electron chi connectivity index (χ4n) is 3.86. The van der Waals surface area contributed by atoms with E-state index in [0.717, 1.165) is 36.2 Å². The van der Waals surface area contributed by atoms with Crippen LogP contribution in [0.15, 0.2) is 70.6 Å². The number of esters is 1. The number of nitrogens with zero attached hydrogens (tertiary/aromatic N) is 4. The van der Waals surface area contributed by atoms with Gasteiger partial charge in [-0.1, -0.05) is 24.3 Å². The summed E-state index contributed by atoms with van der Waals surface area (Å²) >= 11 is 0. The van der Waals surface area contributed by atoms with Gasteiger partial charge in [-0.25, -0.2) is 9.78 Å². The van der Waals surface area contributed by atoms with Crippen molar-refractivity contribution in [1.82, 2.24) is 9.66 Å². The lowest BCUT2D eigenvalue weighted by molar-refractivity contribution is -0.386. The van der Waals surface area contributed by atoms with E-state index >= 15 is 0 Å². The van der Waals surface area contributed by atoms with Gasteiger partial charge in [0.1, 0.15) is 0 Å². The second-order valence-electron chi connectivity index (χ2n) is 8.50. The van der Waals surface area contributed by atoms with Gasteiger partial charge in [-0.05, 0) is 37.3 Å². The van der Waals surface area contributed by atoms with Crippen LogP contribution in [0.1, 0.15) is 18.1 Å². The Hall–Kier alpha value is -5.27. The molecule has 11 nitrogen and oxygen atoms in total. The van der Waals surface area contributed by atoms with Gasteiger partial charge in [-0.2, -0.15) is 22.9 Å². The standard InChI is InChI=1S/C27H21F3N4O7/c1-15(26(36)40-3)41-23-21(34(37)38)11-16(12-22(23)39-2)14-31-33-24(17-7-6-8-18(13-17)27(28,29)30)32-20-10-5-4-9-19(20)25(33)35/h4-15H,1-3H3/t15-/m0/s1. The molecule has 0 fully saturated rings. The van der Waals surface area contributed by atoms with Crippen molar-refractivity contribution in [2.24, 2.45) is 5.10 Å². The number of alkyl halides is 3. The van der Waals surface area contributed by atoms with Crippen molar-refractivity contribution in [3.05, 3.63) is 92.3 Å². The Morgan fingerprint density at radius 2 is 1.85 bits per heavy atom. The molecule has 1 atom stereocenters. The van der Waals surface area contributed by atoms with E-state index in [9.17, 15) is 32.9 Å². The first kappa shape index (κ1) is 28.7. The SMILES string of the molecule is COC(=O)[C@H](C)Oc1c(OC)cc(C=Nn2c(-c3cccc(C(F)(F)F)c3)nc3ccccc3c2=O)cc1[N+](=O)[O-]. The molecule has 0 aliphatic rings. The van der Waals surface area contributed by atoms with Crippen molar-refractivity contribution < 1.29 is 37.1 Å². The molecule has 1 heterocycles. The Labute approximate surface area is 229 Å². The van der Waals surface area contributed by atoms with Crippen LogP contribution in [-0.2, 0) is 15.7 Å². The molecule has 4 aromatic rings. The van der Waals surface area contributed by atoms with Crippen molar-refractivity contribution in [3.63, 3.8) is 0 Å². The van der Waals surface area contributed by atoms with Gasteiger partial charge < -0.3 is 14.2 Å². The number of nitro benzene ring substituents is 1. The normalized spacial score (nSPS) is 12.3. The summed E-state index contributed by atoms with van der Waals surface area (Å²) < 4.78 is 56.3. The highest BCUT2D eigenvalue weighted by molar-refractivity contribution is 5.84. The maximum Gasteiger partial charge on any atom is 0.416 e. The molecule has 212 valence electrons. The minimum Gasteiger partial charge on any atom is -0.493 e. The number of benzene rings is 3. The number of hydrogen-bond acceptors (Lipinski definition) is 9. The lowest BCUT2D eigenvalue weighted by Gasteiger charge is -2.15. The third kappa shape index (κ3) is 6.00. The van der Waals surface area contributed by atoms with E-state index in [-0.39, 0.29) is 39.4 Å². The number of para-hydroxylation sites is 1.